The van der Waals surface area contributed by atoms with Gasteiger partial charge in [-0.25, -0.2) is 12.3 Å². The van der Waals surface area contributed by atoms with E-state index in [1.807, 2.05) is 0 Å². The summed E-state index contributed by atoms with van der Waals surface area (Å²) in [4.78, 5) is 0. The second-order valence-electron chi connectivity index (χ2n) is 1.69. The fourth-order valence-electron chi connectivity index (χ4n) is 0.599. The summed E-state index contributed by atoms with van der Waals surface area (Å²) in [6.07, 6.45) is 5.13. The van der Waals surface area contributed by atoms with Gasteiger partial charge in [-0.05, 0) is 12.5 Å². The first-order valence-electron chi connectivity index (χ1n) is 2.45. The average molecular weight is 149 g/mol. The van der Waals surface area contributed by atoms with E-state index < -0.39 is 14.3 Å². The van der Waals surface area contributed by atoms with Crippen molar-refractivity contribution in [3.63, 3.8) is 0 Å². The van der Waals surface area contributed by atoms with Crippen LogP contribution in [0.3, 0.4) is 0 Å². The van der Waals surface area contributed by atoms with Gasteiger partial charge in [0.25, 0.3) is 0 Å². The van der Waals surface area contributed by atoms with Crippen LogP contribution in [0.15, 0.2) is 17.3 Å². The molecule has 0 aromatic rings. The van der Waals surface area contributed by atoms with Gasteiger partial charge in [-0.3, -0.25) is 0 Å². The number of rotatable bonds is 1. The molecule has 0 saturated heterocycles. The zero-order valence-electron chi connectivity index (χ0n) is 4.50. The van der Waals surface area contributed by atoms with Crippen molar-refractivity contribution in [1.29, 1.82) is 0 Å². The lowest BCUT2D eigenvalue weighted by molar-refractivity contribution is 0.492. The van der Waals surface area contributed by atoms with Gasteiger partial charge in [0, 0.05) is 5.20 Å². The Labute approximate surface area is 52.2 Å². The lowest BCUT2D eigenvalue weighted by atomic mass is 10.5. The topological polar surface area (TPSA) is 0 Å². The fourth-order valence-corrected chi connectivity index (χ4v) is 1.21. The Kier molecular flexibility index (Phi) is 1.48. The minimum atomic E-state index is -5.51. The minimum Gasteiger partial charge on any atom is -0.234 e. The van der Waals surface area contributed by atoms with E-state index >= 15 is 0 Å². The number of halogens is 3. The van der Waals surface area contributed by atoms with Gasteiger partial charge in [-0.1, -0.05) is 12.2 Å². The van der Waals surface area contributed by atoms with Crippen LogP contribution in [0, 0.1) is 6.08 Å². The van der Waals surface area contributed by atoms with Crippen LogP contribution >= 0.6 is 0 Å². The Morgan fingerprint density at radius 1 is 1.44 bits per heavy atom. The van der Waals surface area contributed by atoms with E-state index in [1.54, 1.807) is 0 Å². The number of hydrogen-bond donors (Lipinski definition) is 0. The molecule has 0 amide bonds. The summed E-state index contributed by atoms with van der Waals surface area (Å²) < 4.78 is 35.2. The molecular weight excluding hydrogens is 145 g/mol. The Balaban J connectivity index is 2.73. The summed E-state index contributed by atoms with van der Waals surface area (Å²) in [5.41, 5.74) is 0. The highest BCUT2D eigenvalue weighted by Gasteiger charge is 2.41. The van der Waals surface area contributed by atoms with E-state index in [4.69, 9.17) is 0 Å². The van der Waals surface area contributed by atoms with E-state index in [0.29, 0.717) is 6.42 Å². The van der Waals surface area contributed by atoms with Gasteiger partial charge >= 0.3 is 9.08 Å². The van der Waals surface area contributed by atoms with E-state index in [0.717, 1.165) is 6.08 Å². The molecule has 49 valence electrons. The normalized spacial score (nSPS) is 18.3. The molecule has 0 unspecified atom stereocenters. The summed E-state index contributed by atoms with van der Waals surface area (Å²) in [7, 11) is -5.51. The maximum atomic E-state index is 11.7. The summed E-state index contributed by atoms with van der Waals surface area (Å²) in [6, 6.07) is 0. The second kappa shape index (κ2) is 2.02. The molecule has 0 nitrogen and oxygen atoms in total. The molecule has 0 aromatic carbocycles. The average Bonchev–Trinajstić information content (AvgIpc) is 2.08. The molecule has 0 spiro atoms. The first-order valence-corrected chi connectivity index (χ1v) is 4.08. The predicted molar refractivity (Wildman–Crippen MR) is 29.6 cm³/mol. The van der Waals surface area contributed by atoms with Crippen molar-refractivity contribution in [2.24, 2.45) is 0 Å². The summed E-state index contributed by atoms with van der Waals surface area (Å²) in [6.45, 7) is 0. The lowest BCUT2D eigenvalue weighted by Crippen LogP contribution is -2.16. The van der Waals surface area contributed by atoms with E-state index in [1.165, 1.54) is 6.08 Å². The monoisotopic (exact) mass is 149 g/mol. The van der Waals surface area contributed by atoms with Gasteiger partial charge in [0.2, 0.25) is 0 Å². The Bertz CT molecular complexity index is 166. The van der Waals surface area contributed by atoms with Crippen molar-refractivity contribution in [2.45, 2.75) is 6.42 Å². The SMILES string of the molecule is F[Si](F)(F)C1=[C]CC=C1. The molecule has 0 bridgehead atoms. The van der Waals surface area contributed by atoms with Gasteiger partial charge in [-0.15, -0.1) is 0 Å². The summed E-state index contributed by atoms with van der Waals surface area (Å²) >= 11 is 0. The Hall–Kier alpha value is -0.513. The molecule has 0 atom stereocenters. The third-order valence-corrected chi connectivity index (χ3v) is 1.95. The molecule has 9 heavy (non-hydrogen) atoms. The van der Waals surface area contributed by atoms with Crippen molar-refractivity contribution >= 4 is 9.08 Å². The quantitative estimate of drug-likeness (QED) is 0.395. The molecular formula is C5H4F3Si. The molecule has 0 saturated carbocycles. The highest BCUT2D eigenvalue weighted by molar-refractivity contribution is 6.67. The largest absolute Gasteiger partial charge is 0.653 e. The van der Waals surface area contributed by atoms with E-state index in [2.05, 4.69) is 6.08 Å². The molecule has 1 aliphatic carbocycles. The zero-order valence-corrected chi connectivity index (χ0v) is 5.50. The smallest absolute Gasteiger partial charge is 0.234 e. The van der Waals surface area contributed by atoms with Crippen LogP contribution in [-0.4, -0.2) is 9.08 Å². The van der Waals surface area contributed by atoms with Gasteiger partial charge in [0.1, 0.15) is 0 Å². The molecule has 0 heterocycles. The molecule has 0 N–H and O–H groups in total. The molecule has 1 rings (SSSR count). The number of hydrogen-bond acceptors (Lipinski definition) is 0. The fraction of sp³-hybridized carbons (Fsp3) is 0.200. The number of allylic oxidation sites excluding steroid dienone is 4. The van der Waals surface area contributed by atoms with Gasteiger partial charge in [-0.2, -0.15) is 0 Å². The van der Waals surface area contributed by atoms with E-state index in [9.17, 15) is 12.3 Å². The standard InChI is InChI=1S/C5H4F3Si/c6-9(7,8)5-3-1-2-4-5/h1,3H,2H2. The van der Waals surface area contributed by atoms with Crippen LogP contribution in [0.1, 0.15) is 6.42 Å². The maximum Gasteiger partial charge on any atom is 0.653 e. The third kappa shape index (κ3) is 1.45. The Morgan fingerprint density at radius 3 is 2.33 bits per heavy atom. The van der Waals surface area contributed by atoms with Crippen molar-refractivity contribution < 1.29 is 12.3 Å². The Morgan fingerprint density at radius 2 is 2.11 bits per heavy atom. The minimum absolute atomic E-state index is 0.321. The first kappa shape index (κ1) is 6.60. The zero-order chi connectivity index (χ0) is 6.91. The maximum absolute atomic E-state index is 11.7. The molecule has 0 aromatic heterocycles. The van der Waals surface area contributed by atoms with Gasteiger partial charge in [0.15, 0.2) is 0 Å². The molecule has 1 aliphatic rings. The molecule has 1 radical (unpaired) electrons. The predicted octanol–water partition coefficient (Wildman–Crippen LogP) is 2.06. The van der Waals surface area contributed by atoms with Crippen LogP contribution in [0.4, 0.5) is 12.3 Å². The van der Waals surface area contributed by atoms with Crippen molar-refractivity contribution in [3.05, 3.63) is 23.4 Å². The first-order chi connectivity index (χ1) is 4.11. The summed E-state index contributed by atoms with van der Waals surface area (Å²) in [5.74, 6) is 0. The van der Waals surface area contributed by atoms with Crippen LogP contribution in [0.2, 0.25) is 0 Å². The molecule has 0 aliphatic heterocycles. The van der Waals surface area contributed by atoms with E-state index in [-0.39, 0.29) is 0 Å². The third-order valence-electron chi connectivity index (χ3n) is 1.00. The van der Waals surface area contributed by atoms with Crippen molar-refractivity contribution in [1.82, 2.24) is 0 Å². The molecule has 0 fully saturated rings. The highest BCUT2D eigenvalue weighted by Crippen LogP contribution is 2.23. The van der Waals surface area contributed by atoms with Crippen LogP contribution in [0.5, 0.6) is 0 Å². The van der Waals surface area contributed by atoms with Gasteiger partial charge in [0.05, 0.1) is 0 Å². The van der Waals surface area contributed by atoms with Crippen LogP contribution in [0.25, 0.3) is 0 Å². The van der Waals surface area contributed by atoms with Crippen molar-refractivity contribution in [3.8, 4) is 0 Å². The molecule has 4 heteroatoms. The second-order valence-corrected chi connectivity index (χ2v) is 3.23. The van der Waals surface area contributed by atoms with Crippen molar-refractivity contribution in [2.75, 3.05) is 0 Å². The van der Waals surface area contributed by atoms with Crippen LogP contribution in [-0.2, 0) is 0 Å². The lowest BCUT2D eigenvalue weighted by Gasteiger charge is -1.97. The van der Waals surface area contributed by atoms with Crippen LogP contribution < -0.4 is 0 Å². The highest BCUT2D eigenvalue weighted by atomic mass is 28.5. The van der Waals surface area contributed by atoms with Gasteiger partial charge < -0.3 is 0 Å². The summed E-state index contributed by atoms with van der Waals surface area (Å²) in [5, 5.41) is -0.512.